The van der Waals surface area contributed by atoms with Crippen molar-refractivity contribution in [1.29, 1.82) is 0 Å². The zero-order valence-electron chi connectivity index (χ0n) is 9.39. The van der Waals surface area contributed by atoms with Gasteiger partial charge in [0.15, 0.2) is 0 Å². The van der Waals surface area contributed by atoms with Gasteiger partial charge in [0.2, 0.25) is 0 Å². The summed E-state index contributed by atoms with van der Waals surface area (Å²) in [6.45, 7) is 3.47. The van der Waals surface area contributed by atoms with Crippen molar-refractivity contribution in [3.8, 4) is 0 Å². The molecular formula is C12H20N2O. The van der Waals surface area contributed by atoms with E-state index in [1.54, 1.807) is 6.20 Å². The number of hydrogen-bond donors (Lipinski definition) is 1. The monoisotopic (exact) mass is 208 g/mol. The highest BCUT2D eigenvalue weighted by Crippen LogP contribution is 2.29. The molecule has 1 aromatic heterocycles. The van der Waals surface area contributed by atoms with Gasteiger partial charge in [0.05, 0.1) is 24.8 Å². The Labute approximate surface area is 91.1 Å². The summed E-state index contributed by atoms with van der Waals surface area (Å²) < 4.78 is 2.10. The van der Waals surface area contributed by atoms with E-state index in [4.69, 9.17) is 5.11 Å². The Morgan fingerprint density at radius 1 is 1.40 bits per heavy atom. The van der Waals surface area contributed by atoms with E-state index < -0.39 is 0 Å². The largest absolute Gasteiger partial charge is 0.390 e. The average molecular weight is 208 g/mol. The summed E-state index contributed by atoms with van der Waals surface area (Å²) in [4.78, 5) is 4.08. The Hall–Kier alpha value is -0.830. The first-order chi connectivity index (χ1) is 7.29. The Kier molecular flexibility index (Phi) is 3.41. The van der Waals surface area contributed by atoms with Gasteiger partial charge in [0.1, 0.15) is 0 Å². The van der Waals surface area contributed by atoms with Gasteiger partial charge >= 0.3 is 0 Å². The topological polar surface area (TPSA) is 38.0 Å². The predicted molar refractivity (Wildman–Crippen MR) is 59.3 cm³/mol. The molecule has 3 nitrogen and oxygen atoms in total. The smallest absolute Gasteiger partial charge is 0.0948 e. The zero-order chi connectivity index (χ0) is 10.7. The van der Waals surface area contributed by atoms with E-state index in [0.717, 1.165) is 24.1 Å². The molecule has 1 fully saturated rings. The second-order valence-electron chi connectivity index (χ2n) is 4.82. The zero-order valence-corrected chi connectivity index (χ0v) is 9.39. The maximum atomic E-state index is 9.12. The molecular weight excluding hydrogens is 188 g/mol. The Morgan fingerprint density at radius 3 is 2.80 bits per heavy atom. The molecule has 1 aliphatic carbocycles. The Morgan fingerprint density at radius 2 is 2.13 bits per heavy atom. The molecule has 1 N–H and O–H groups in total. The van der Waals surface area contributed by atoms with Crippen LogP contribution in [0.2, 0.25) is 0 Å². The van der Waals surface area contributed by atoms with Crippen LogP contribution in [0.4, 0.5) is 0 Å². The van der Waals surface area contributed by atoms with Gasteiger partial charge in [-0.2, -0.15) is 0 Å². The first-order valence-electron chi connectivity index (χ1n) is 5.89. The minimum Gasteiger partial charge on any atom is -0.390 e. The molecule has 0 aromatic carbocycles. The molecule has 1 aromatic rings. The molecule has 0 saturated heterocycles. The van der Waals surface area contributed by atoms with Crippen LogP contribution >= 0.6 is 0 Å². The van der Waals surface area contributed by atoms with Crippen LogP contribution < -0.4 is 0 Å². The number of aliphatic hydroxyl groups excluding tert-OH is 1. The summed E-state index contributed by atoms with van der Waals surface area (Å²) in [7, 11) is 0. The van der Waals surface area contributed by atoms with E-state index in [0.29, 0.717) is 0 Å². The highest BCUT2D eigenvalue weighted by atomic mass is 16.3. The lowest BCUT2D eigenvalue weighted by atomic mass is 9.83. The number of rotatable bonds is 3. The van der Waals surface area contributed by atoms with Gasteiger partial charge < -0.3 is 9.67 Å². The normalized spacial score (nSPS) is 26.8. The molecule has 1 heterocycles. The third-order valence-electron chi connectivity index (χ3n) is 3.55. The van der Waals surface area contributed by atoms with Gasteiger partial charge in [-0.05, 0) is 24.7 Å². The predicted octanol–water partition coefficient (Wildman–Crippen LogP) is 2.20. The van der Waals surface area contributed by atoms with Crippen LogP contribution in [0.1, 0.15) is 38.3 Å². The fraction of sp³-hybridized carbons (Fsp3) is 0.750. The number of imidazole rings is 1. The summed E-state index contributed by atoms with van der Waals surface area (Å²) in [5.74, 6) is 1.68. The standard InChI is InChI=1S/C12H20N2O/c1-10-2-4-11(5-3-10)7-14-9-13-6-12(14)8-15/h6,9-11,15H,2-5,7-8H2,1H3. The lowest BCUT2D eigenvalue weighted by molar-refractivity contribution is 0.244. The maximum Gasteiger partial charge on any atom is 0.0948 e. The van der Waals surface area contributed by atoms with Crippen LogP contribution in [0.15, 0.2) is 12.5 Å². The summed E-state index contributed by atoms with van der Waals surface area (Å²) in [6.07, 6.45) is 8.95. The van der Waals surface area contributed by atoms with Crippen LogP contribution in [0.25, 0.3) is 0 Å². The van der Waals surface area contributed by atoms with Crippen molar-refractivity contribution in [2.24, 2.45) is 11.8 Å². The van der Waals surface area contributed by atoms with Gasteiger partial charge in [-0.1, -0.05) is 19.8 Å². The van der Waals surface area contributed by atoms with E-state index in [9.17, 15) is 0 Å². The quantitative estimate of drug-likeness (QED) is 0.827. The van der Waals surface area contributed by atoms with Gasteiger partial charge in [0, 0.05) is 6.54 Å². The summed E-state index contributed by atoms with van der Waals surface area (Å²) in [5, 5.41) is 9.12. The van der Waals surface area contributed by atoms with Crippen molar-refractivity contribution in [1.82, 2.24) is 9.55 Å². The van der Waals surface area contributed by atoms with Gasteiger partial charge in [-0.25, -0.2) is 4.98 Å². The number of hydrogen-bond acceptors (Lipinski definition) is 2. The first kappa shape index (κ1) is 10.7. The number of nitrogens with zero attached hydrogens (tertiary/aromatic N) is 2. The highest BCUT2D eigenvalue weighted by molar-refractivity contribution is 4.96. The van der Waals surface area contributed by atoms with E-state index >= 15 is 0 Å². The van der Waals surface area contributed by atoms with Crippen LogP contribution in [-0.2, 0) is 13.2 Å². The van der Waals surface area contributed by atoms with Crippen LogP contribution in [0, 0.1) is 11.8 Å². The molecule has 1 saturated carbocycles. The van der Waals surface area contributed by atoms with Crippen LogP contribution in [-0.4, -0.2) is 14.7 Å². The van der Waals surface area contributed by atoms with Crippen molar-refractivity contribution in [2.75, 3.05) is 0 Å². The fourth-order valence-corrected chi connectivity index (χ4v) is 2.43. The summed E-state index contributed by atoms with van der Waals surface area (Å²) in [6, 6.07) is 0. The summed E-state index contributed by atoms with van der Waals surface area (Å²) >= 11 is 0. The van der Waals surface area contributed by atoms with Crippen molar-refractivity contribution >= 4 is 0 Å². The minimum atomic E-state index is 0.100. The molecule has 0 amide bonds. The molecule has 3 heteroatoms. The van der Waals surface area contributed by atoms with Gasteiger partial charge in [-0.15, -0.1) is 0 Å². The van der Waals surface area contributed by atoms with Crippen molar-refractivity contribution < 1.29 is 5.11 Å². The van der Waals surface area contributed by atoms with Crippen LogP contribution in [0.5, 0.6) is 0 Å². The molecule has 0 spiro atoms. The Bertz CT molecular complexity index is 300. The molecule has 2 rings (SSSR count). The fourth-order valence-electron chi connectivity index (χ4n) is 2.43. The van der Waals surface area contributed by atoms with E-state index in [2.05, 4.69) is 16.5 Å². The molecule has 0 radical (unpaired) electrons. The molecule has 1 aliphatic rings. The second kappa shape index (κ2) is 4.79. The minimum absolute atomic E-state index is 0.100. The Balaban J connectivity index is 1.91. The second-order valence-corrected chi connectivity index (χ2v) is 4.82. The third-order valence-corrected chi connectivity index (χ3v) is 3.55. The first-order valence-corrected chi connectivity index (χ1v) is 5.89. The molecule has 0 bridgehead atoms. The molecule has 15 heavy (non-hydrogen) atoms. The van der Waals surface area contributed by atoms with E-state index in [1.807, 2.05) is 6.33 Å². The van der Waals surface area contributed by atoms with Gasteiger partial charge in [0.25, 0.3) is 0 Å². The van der Waals surface area contributed by atoms with Crippen LogP contribution in [0.3, 0.4) is 0 Å². The molecule has 0 aliphatic heterocycles. The van der Waals surface area contributed by atoms with Crippen molar-refractivity contribution in [3.63, 3.8) is 0 Å². The SMILES string of the molecule is CC1CCC(Cn2cncc2CO)CC1. The van der Waals surface area contributed by atoms with Gasteiger partial charge in [-0.3, -0.25) is 0 Å². The maximum absolute atomic E-state index is 9.12. The van der Waals surface area contributed by atoms with E-state index in [1.165, 1.54) is 25.7 Å². The molecule has 0 unspecified atom stereocenters. The van der Waals surface area contributed by atoms with Crippen molar-refractivity contribution in [3.05, 3.63) is 18.2 Å². The lowest BCUT2D eigenvalue weighted by Crippen LogP contribution is -2.18. The number of aliphatic hydroxyl groups is 1. The van der Waals surface area contributed by atoms with Crippen molar-refractivity contribution in [2.45, 2.75) is 45.8 Å². The molecule has 0 atom stereocenters. The van der Waals surface area contributed by atoms with E-state index in [-0.39, 0.29) is 6.61 Å². The number of aromatic nitrogens is 2. The molecule has 84 valence electrons. The average Bonchev–Trinajstić information content (AvgIpc) is 2.69. The highest BCUT2D eigenvalue weighted by Gasteiger charge is 2.18. The third kappa shape index (κ3) is 2.59. The lowest BCUT2D eigenvalue weighted by Gasteiger charge is -2.26. The summed E-state index contributed by atoms with van der Waals surface area (Å²) in [5.41, 5.74) is 0.939.